The van der Waals surface area contributed by atoms with E-state index in [0.29, 0.717) is 5.69 Å². The molecule has 0 saturated carbocycles. The molecule has 0 fully saturated rings. The maximum atomic E-state index is 12.7. The van der Waals surface area contributed by atoms with E-state index in [1.807, 2.05) is 37.4 Å². The molecule has 2 nitrogen and oxygen atoms in total. The highest BCUT2D eigenvalue weighted by Crippen LogP contribution is 2.23. The van der Waals surface area contributed by atoms with Crippen molar-refractivity contribution in [2.75, 3.05) is 0 Å². The summed E-state index contributed by atoms with van der Waals surface area (Å²) in [7, 11) is 0. The Hall–Kier alpha value is -2.49. The van der Waals surface area contributed by atoms with Crippen molar-refractivity contribution < 1.29 is 8.78 Å². The molecule has 0 aliphatic carbocycles. The van der Waals surface area contributed by atoms with Gasteiger partial charge in [-0.15, -0.1) is 0 Å². The summed E-state index contributed by atoms with van der Waals surface area (Å²) in [4.78, 5) is 0. The number of halogens is 2. The fourth-order valence-corrected chi connectivity index (χ4v) is 2.16. The first-order chi connectivity index (χ1) is 10.1. The topological polar surface area (TPSA) is 17.8 Å². The first-order valence-electron chi connectivity index (χ1n) is 6.64. The molecular weight excluding hydrogens is 270 g/mol. The second-order valence-electron chi connectivity index (χ2n) is 4.94. The molecule has 2 aromatic carbocycles. The fraction of sp³-hybridized carbons (Fsp3) is 0.118. The Labute approximate surface area is 121 Å². The molecule has 0 aliphatic heterocycles. The molecule has 3 rings (SSSR count). The highest BCUT2D eigenvalue weighted by Gasteiger charge is 2.09. The Balaban J connectivity index is 1.94. The number of alkyl halides is 2. The van der Waals surface area contributed by atoms with Gasteiger partial charge in [-0.2, -0.15) is 5.10 Å². The molecule has 0 saturated heterocycles. The summed E-state index contributed by atoms with van der Waals surface area (Å²) in [6.45, 7) is 2.03. The standard InChI is InChI=1S/C17H14F2N2/c1-12-5-7-13(8-6-12)15-10-20-21(11-15)16-4-2-3-14(9-16)17(18)19/h2-11,17H,1H3. The van der Waals surface area contributed by atoms with Gasteiger partial charge in [0.25, 0.3) is 6.43 Å². The molecule has 21 heavy (non-hydrogen) atoms. The lowest BCUT2D eigenvalue weighted by Crippen LogP contribution is -1.95. The molecule has 0 bridgehead atoms. The minimum absolute atomic E-state index is 0.000106. The smallest absolute Gasteiger partial charge is 0.240 e. The van der Waals surface area contributed by atoms with Crippen LogP contribution in [-0.2, 0) is 0 Å². The molecule has 0 spiro atoms. The molecule has 4 heteroatoms. The van der Waals surface area contributed by atoms with E-state index in [1.54, 1.807) is 23.0 Å². The van der Waals surface area contributed by atoms with Crippen molar-refractivity contribution in [2.45, 2.75) is 13.3 Å². The Kier molecular flexibility index (Phi) is 3.52. The van der Waals surface area contributed by atoms with Gasteiger partial charge < -0.3 is 0 Å². The summed E-state index contributed by atoms with van der Waals surface area (Å²) in [5.41, 5.74) is 3.83. The van der Waals surface area contributed by atoms with E-state index in [0.717, 1.165) is 11.1 Å². The number of aryl methyl sites for hydroxylation is 1. The van der Waals surface area contributed by atoms with Gasteiger partial charge in [-0.25, -0.2) is 13.5 Å². The van der Waals surface area contributed by atoms with Crippen LogP contribution in [0.25, 0.3) is 16.8 Å². The molecule has 1 heterocycles. The summed E-state index contributed by atoms with van der Waals surface area (Å²) >= 11 is 0. The van der Waals surface area contributed by atoms with Gasteiger partial charge in [-0.05, 0) is 24.6 Å². The van der Waals surface area contributed by atoms with Gasteiger partial charge in [0, 0.05) is 17.3 Å². The lowest BCUT2D eigenvalue weighted by Gasteiger charge is -2.04. The van der Waals surface area contributed by atoms with Crippen molar-refractivity contribution in [3.63, 3.8) is 0 Å². The van der Waals surface area contributed by atoms with Crippen LogP contribution in [-0.4, -0.2) is 9.78 Å². The van der Waals surface area contributed by atoms with E-state index < -0.39 is 6.43 Å². The monoisotopic (exact) mass is 284 g/mol. The van der Waals surface area contributed by atoms with E-state index in [-0.39, 0.29) is 5.56 Å². The number of aromatic nitrogens is 2. The minimum atomic E-state index is -2.47. The summed E-state index contributed by atoms with van der Waals surface area (Å²) in [6.07, 6.45) is 1.10. The summed E-state index contributed by atoms with van der Waals surface area (Å²) in [5.74, 6) is 0. The Morgan fingerprint density at radius 2 is 1.76 bits per heavy atom. The molecule has 0 radical (unpaired) electrons. The van der Waals surface area contributed by atoms with Crippen molar-refractivity contribution in [3.05, 3.63) is 72.1 Å². The summed E-state index contributed by atoms with van der Waals surface area (Å²) in [6, 6.07) is 14.4. The summed E-state index contributed by atoms with van der Waals surface area (Å²) < 4.78 is 27.1. The van der Waals surface area contributed by atoms with Crippen molar-refractivity contribution >= 4 is 0 Å². The zero-order valence-corrected chi connectivity index (χ0v) is 11.5. The first kappa shape index (κ1) is 13.5. The second kappa shape index (κ2) is 5.48. The van der Waals surface area contributed by atoms with E-state index >= 15 is 0 Å². The van der Waals surface area contributed by atoms with E-state index in [9.17, 15) is 8.78 Å². The van der Waals surface area contributed by atoms with Gasteiger partial charge in [0.2, 0.25) is 0 Å². The first-order valence-corrected chi connectivity index (χ1v) is 6.64. The molecular formula is C17H14F2N2. The van der Waals surface area contributed by atoms with E-state index in [2.05, 4.69) is 5.10 Å². The van der Waals surface area contributed by atoms with Crippen LogP contribution in [0, 0.1) is 6.92 Å². The largest absolute Gasteiger partial charge is 0.263 e. The zero-order chi connectivity index (χ0) is 14.8. The fourth-order valence-electron chi connectivity index (χ4n) is 2.16. The van der Waals surface area contributed by atoms with Crippen molar-refractivity contribution in [3.8, 4) is 16.8 Å². The van der Waals surface area contributed by atoms with Crippen LogP contribution in [0.15, 0.2) is 60.9 Å². The number of nitrogens with zero attached hydrogens (tertiary/aromatic N) is 2. The lowest BCUT2D eigenvalue weighted by atomic mass is 10.1. The van der Waals surface area contributed by atoms with Crippen LogP contribution >= 0.6 is 0 Å². The van der Waals surface area contributed by atoms with Gasteiger partial charge in [-0.1, -0.05) is 42.0 Å². The Morgan fingerprint density at radius 3 is 2.48 bits per heavy atom. The molecule has 1 aromatic heterocycles. The highest BCUT2D eigenvalue weighted by atomic mass is 19.3. The lowest BCUT2D eigenvalue weighted by molar-refractivity contribution is 0.151. The van der Waals surface area contributed by atoms with Crippen molar-refractivity contribution in [1.29, 1.82) is 0 Å². The van der Waals surface area contributed by atoms with Gasteiger partial charge in [0.05, 0.1) is 11.9 Å². The van der Waals surface area contributed by atoms with Crippen LogP contribution in [0.4, 0.5) is 8.78 Å². The normalized spacial score (nSPS) is 11.0. The number of benzene rings is 2. The number of rotatable bonds is 3. The number of hydrogen-bond donors (Lipinski definition) is 0. The van der Waals surface area contributed by atoms with Gasteiger partial charge >= 0.3 is 0 Å². The molecule has 106 valence electrons. The van der Waals surface area contributed by atoms with Crippen LogP contribution in [0.3, 0.4) is 0 Å². The Morgan fingerprint density at radius 1 is 1.00 bits per heavy atom. The maximum Gasteiger partial charge on any atom is 0.263 e. The minimum Gasteiger partial charge on any atom is -0.240 e. The van der Waals surface area contributed by atoms with Crippen molar-refractivity contribution in [1.82, 2.24) is 9.78 Å². The predicted molar refractivity (Wildman–Crippen MR) is 78.7 cm³/mol. The predicted octanol–water partition coefficient (Wildman–Crippen LogP) is 4.79. The third-order valence-electron chi connectivity index (χ3n) is 3.35. The van der Waals surface area contributed by atoms with Crippen molar-refractivity contribution in [2.24, 2.45) is 0 Å². The van der Waals surface area contributed by atoms with Crippen LogP contribution in [0.2, 0.25) is 0 Å². The summed E-state index contributed by atoms with van der Waals surface area (Å²) in [5, 5.41) is 4.26. The molecule has 0 aliphatic rings. The molecule has 0 N–H and O–H groups in total. The average molecular weight is 284 g/mol. The van der Waals surface area contributed by atoms with Gasteiger partial charge in [0.1, 0.15) is 0 Å². The molecule has 0 amide bonds. The van der Waals surface area contributed by atoms with E-state index in [4.69, 9.17) is 0 Å². The zero-order valence-electron chi connectivity index (χ0n) is 11.5. The third-order valence-corrected chi connectivity index (χ3v) is 3.35. The van der Waals surface area contributed by atoms with Crippen LogP contribution < -0.4 is 0 Å². The maximum absolute atomic E-state index is 12.7. The highest BCUT2D eigenvalue weighted by molar-refractivity contribution is 5.62. The molecule has 0 unspecified atom stereocenters. The SMILES string of the molecule is Cc1ccc(-c2cnn(-c3cccc(C(F)F)c3)c2)cc1. The van der Waals surface area contributed by atoms with Crippen LogP contribution in [0.5, 0.6) is 0 Å². The quantitative estimate of drug-likeness (QED) is 0.676. The van der Waals surface area contributed by atoms with Gasteiger partial charge in [-0.3, -0.25) is 0 Å². The van der Waals surface area contributed by atoms with Crippen LogP contribution in [0.1, 0.15) is 17.6 Å². The third kappa shape index (κ3) is 2.84. The molecule has 0 atom stereocenters. The molecule has 3 aromatic rings. The average Bonchev–Trinajstić information content (AvgIpc) is 2.98. The van der Waals surface area contributed by atoms with Gasteiger partial charge in [0.15, 0.2) is 0 Å². The van der Waals surface area contributed by atoms with E-state index in [1.165, 1.54) is 17.7 Å². The Bertz CT molecular complexity index is 745. The second-order valence-corrected chi connectivity index (χ2v) is 4.94. The number of hydrogen-bond acceptors (Lipinski definition) is 1.